The standard InChI is InChI=1S/C19H23N5O4S/c1-23-16(8-7-15(20)25)21-22-19(23)29-11-17(26)24-10-13-6-4-3-5-12(13)9-14(24)18(27)28-2/h3-6,14H,7-11H2,1-2H3,(H2,20,25)/t14-/m0/s1. The van der Waals surface area contributed by atoms with Crippen LogP contribution in [0.2, 0.25) is 0 Å². The first kappa shape index (κ1) is 20.8. The van der Waals surface area contributed by atoms with Gasteiger partial charge in [-0.15, -0.1) is 10.2 Å². The van der Waals surface area contributed by atoms with Gasteiger partial charge < -0.3 is 19.9 Å². The number of aryl methyl sites for hydroxylation is 1. The van der Waals surface area contributed by atoms with E-state index >= 15 is 0 Å². The molecular formula is C19H23N5O4S. The molecule has 2 amide bonds. The minimum absolute atomic E-state index is 0.109. The van der Waals surface area contributed by atoms with E-state index in [-0.39, 0.29) is 18.1 Å². The predicted octanol–water partition coefficient (Wildman–Crippen LogP) is 0.452. The first-order chi connectivity index (χ1) is 13.9. The Morgan fingerprint density at radius 2 is 1.97 bits per heavy atom. The van der Waals surface area contributed by atoms with E-state index in [9.17, 15) is 14.4 Å². The van der Waals surface area contributed by atoms with Gasteiger partial charge in [0, 0.05) is 32.9 Å². The molecule has 1 atom stereocenters. The summed E-state index contributed by atoms with van der Waals surface area (Å²) in [6.07, 6.45) is 1.00. The molecule has 1 aromatic heterocycles. The minimum atomic E-state index is -0.645. The molecule has 0 saturated heterocycles. The van der Waals surface area contributed by atoms with E-state index in [1.54, 1.807) is 16.5 Å². The van der Waals surface area contributed by atoms with Gasteiger partial charge in [-0.3, -0.25) is 9.59 Å². The summed E-state index contributed by atoms with van der Waals surface area (Å²) in [5.41, 5.74) is 7.25. The van der Waals surface area contributed by atoms with Crippen LogP contribution < -0.4 is 5.73 Å². The van der Waals surface area contributed by atoms with Gasteiger partial charge in [-0.1, -0.05) is 36.0 Å². The van der Waals surface area contributed by atoms with Crippen molar-refractivity contribution in [2.45, 2.75) is 37.0 Å². The fraction of sp³-hybridized carbons (Fsp3) is 0.421. The third-order valence-electron chi connectivity index (χ3n) is 4.89. The van der Waals surface area contributed by atoms with Crippen LogP contribution in [0.3, 0.4) is 0 Å². The summed E-state index contributed by atoms with van der Waals surface area (Å²) >= 11 is 1.24. The summed E-state index contributed by atoms with van der Waals surface area (Å²) in [6, 6.07) is 7.12. The SMILES string of the molecule is COC(=O)[C@@H]1Cc2ccccc2CN1C(=O)CSc1nnc(CCC(N)=O)n1C. The van der Waals surface area contributed by atoms with Crippen molar-refractivity contribution in [3.05, 3.63) is 41.2 Å². The second-order valence-electron chi connectivity index (χ2n) is 6.75. The average molecular weight is 417 g/mol. The number of nitrogens with zero attached hydrogens (tertiary/aromatic N) is 4. The van der Waals surface area contributed by atoms with Crippen molar-refractivity contribution in [1.29, 1.82) is 0 Å². The average Bonchev–Trinajstić information content (AvgIpc) is 3.08. The molecule has 0 spiro atoms. The molecule has 2 aromatic rings. The Hall–Kier alpha value is -2.88. The maximum absolute atomic E-state index is 12.9. The molecule has 1 aromatic carbocycles. The molecule has 9 nitrogen and oxygen atoms in total. The number of rotatable bonds is 7. The summed E-state index contributed by atoms with van der Waals surface area (Å²) in [5, 5.41) is 8.69. The van der Waals surface area contributed by atoms with E-state index < -0.39 is 17.9 Å². The zero-order valence-corrected chi connectivity index (χ0v) is 17.1. The van der Waals surface area contributed by atoms with Crippen molar-refractivity contribution >= 4 is 29.5 Å². The number of primary amides is 1. The van der Waals surface area contributed by atoms with E-state index in [4.69, 9.17) is 10.5 Å². The van der Waals surface area contributed by atoms with Gasteiger partial charge >= 0.3 is 5.97 Å². The molecule has 0 bridgehead atoms. The van der Waals surface area contributed by atoms with Gasteiger partial charge in [0.05, 0.1) is 12.9 Å². The van der Waals surface area contributed by atoms with Crippen LogP contribution in [0.1, 0.15) is 23.4 Å². The maximum Gasteiger partial charge on any atom is 0.328 e. The number of fused-ring (bicyclic) bond motifs is 1. The Kier molecular flexibility index (Phi) is 6.53. The summed E-state index contributed by atoms with van der Waals surface area (Å²) in [5.74, 6) is -0.279. The van der Waals surface area contributed by atoms with Gasteiger partial charge in [-0.2, -0.15) is 0 Å². The topological polar surface area (TPSA) is 120 Å². The Morgan fingerprint density at radius 1 is 1.24 bits per heavy atom. The third kappa shape index (κ3) is 4.76. The smallest absolute Gasteiger partial charge is 0.328 e. The first-order valence-corrected chi connectivity index (χ1v) is 10.1. The van der Waals surface area contributed by atoms with Crippen LogP contribution in [0, 0.1) is 0 Å². The van der Waals surface area contributed by atoms with E-state index in [1.165, 1.54) is 18.9 Å². The Bertz CT molecular complexity index is 929. The van der Waals surface area contributed by atoms with Crippen LogP contribution in [-0.2, 0) is 45.6 Å². The van der Waals surface area contributed by atoms with Gasteiger partial charge in [0.1, 0.15) is 11.9 Å². The zero-order chi connectivity index (χ0) is 21.0. The highest BCUT2D eigenvalue weighted by molar-refractivity contribution is 7.99. The van der Waals surface area contributed by atoms with E-state index in [0.717, 1.165) is 11.1 Å². The van der Waals surface area contributed by atoms with Gasteiger partial charge in [0.15, 0.2) is 5.16 Å². The molecular weight excluding hydrogens is 394 g/mol. The number of hydrogen-bond acceptors (Lipinski definition) is 7. The summed E-state index contributed by atoms with van der Waals surface area (Å²) in [6.45, 7) is 0.359. The predicted molar refractivity (Wildman–Crippen MR) is 106 cm³/mol. The number of ether oxygens (including phenoxy) is 1. The number of carbonyl (C=O) groups excluding carboxylic acids is 3. The summed E-state index contributed by atoms with van der Waals surface area (Å²) in [4.78, 5) is 37.7. The monoisotopic (exact) mass is 417 g/mol. The van der Waals surface area contributed by atoms with Crippen molar-refractivity contribution in [3.8, 4) is 0 Å². The molecule has 10 heteroatoms. The Balaban J connectivity index is 1.69. The molecule has 0 saturated carbocycles. The van der Waals surface area contributed by atoms with Gasteiger partial charge in [0.25, 0.3) is 0 Å². The zero-order valence-electron chi connectivity index (χ0n) is 16.3. The highest BCUT2D eigenvalue weighted by Crippen LogP contribution is 2.26. The van der Waals surface area contributed by atoms with E-state index in [1.807, 2.05) is 24.3 Å². The summed E-state index contributed by atoms with van der Waals surface area (Å²) < 4.78 is 6.65. The van der Waals surface area contributed by atoms with Crippen LogP contribution in [-0.4, -0.2) is 56.4 Å². The number of esters is 1. The van der Waals surface area contributed by atoms with Crippen LogP contribution in [0.25, 0.3) is 0 Å². The van der Waals surface area contributed by atoms with Gasteiger partial charge in [0.2, 0.25) is 11.8 Å². The molecule has 29 heavy (non-hydrogen) atoms. The Morgan fingerprint density at radius 3 is 2.66 bits per heavy atom. The van der Waals surface area contributed by atoms with Gasteiger partial charge in [-0.05, 0) is 11.1 Å². The fourth-order valence-corrected chi connectivity index (χ4v) is 4.08. The van der Waals surface area contributed by atoms with Gasteiger partial charge in [-0.25, -0.2) is 4.79 Å². The molecule has 1 aliphatic rings. The lowest BCUT2D eigenvalue weighted by atomic mass is 9.94. The number of thioether (sulfide) groups is 1. The highest BCUT2D eigenvalue weighted by atomic mass is 32.2. The van der Waals surface area contributed by atoms with Crippen molar-refractivity contribution in [3.63, 3.8) is 0 Å². The van der Waals surface area contributed by atoms with Crippen LogP contribution in [0.4, 0.5) is 0 Å². The fourth-order valence-electron chi connectivity index (χ4n) is 3.26. The van der Waals surface area contributed by atoms with Crippen molar-refractivity contribution in [2.24, 2.45) is 12.8 Å². The van der Waals surface area contributed by atoms with E-state index in [2.05, 4.69) is 10.2 Å². The second kappa shape index (κ2) is 9.08. The molecule has 0 aliphatic carbocycles. The number of carbonyl (C=O) groups is 3. The molecule has 154 valence electrons. The summed E-state index contributed by atoms with van der Waals surface area (Å²) in [7, 11) is 3.10. The van der Waals surface area contributed by atoms with Crippen LogP contribution in [0.5, 0.6) is 0 Å². The van der Waals surface area contributed by atoms with Crippen LogP contribution in [0.15, 0.2) is 29.4 Å². The van der Waals surface area contributed by atoms with Crippen LogP contribution >= 0.6 is 11.8 Å². The first-order valence-electron chi connectivity index (χ1n) is 9.14. The largest absolute Gasteiger partial charge is 0.467 e. The Labute approximate surface area is 172 Å². The normalized spacial score (nSPS) is 15.7. The molecule has 2 heterocycles. The number of hydrogen-bond donors (Lipinski definition) is 1. The number of amides is 2. The van der Waals surface area contributed by atoms with Crippen molar-refractivity contribution in [1.82, 2.24) is 19.7 Å². The minimum Gasteiger partial charge on any atom is -0.467 e. The number of nitrogens with two attached hydrogens (primary N) is 1. The molecule has 3 rings (SSSR count). The van der Waals surface area contributed by atoms with Crippen molar-refractivity contribution in [2.75, 3.05) is 12.9 Å². The third-order valence-corrected chi connectivity index (χ3v) is 5.89. The maximum atomic E-state index is 12.9. The lowest BCUT2D eigenvalue weighted by Crippen LogP contribution is -2.49. The number of methoxy groups -OCH3 is 1. The molecule has 1 aliphatic heterocycles. The van der Waals surface area contributed by atoms with Crippen molar-refractivity contribution < 1.29 is 19.1 Å². The molecule has 2 N–H and O–H groups in total. The number of aromatic nitrogens is 3. The highest BCUT2D eigenvalue weighted by Gasteiger charge is 2.35. The molecule has 0 unspecified atom stereocenters. The molecule has 0 fully saturated rings. The quantitative estimate of drug-likeness (QED) is 0.513. The molecule has 0 radical (unpaired) electrons. The lowest BCUT2D eigenvalue weighted by molar-refractivity contribution is -0.153. The second-order valence-corrected chi connectivity index (χ2v) is 7.69. The van der Waals surface area contributed by atoms with E-state index in [0.29, 0.717) is 30.4 Å². The lowest BCUT2D eigenvalue weighted by Gasteiger charge is -2.35. The number of benzene rings is 1.